The van der Waals surface area contributed by atoms with Gasteiger partial charge in [-0.05, 0) is 462 Å². The van der Waals surface area contributed by atoms with Gasteiger partial charge in [0.15, 0.2) is 0 Å². The molecule has 0 unspecified atom stereocenters. The summed E-state index contributed by atoms with van der Waals surface area (Å²) in [5.74, 6) is 0.270. The summed E-state index contributed by atoms with van der Waals surface area (Å²) in [6.07, 6.45) is 1.68. The monoisotopic (exact) mass is 1690 g/mol. The van der Waals surface area contributed by atoms with Gasteiger partial charge in [0.25, 0.3) is 0 Å². The van der Waals surface area contributed by atoms with Gasteiger partial charge in [-0.3, -0.25) is 0 Å². The number of methoxy groups -OCH3 is 1. The second kappa shape index (κ2) is 36.1. The molecule has 0 aliphatic heterocycles. The second-order valence-corrected chi connectivity index (χ2v) is 43.8. The Hall–Kier alpha value is -4.90. The van der Waals surface area contributed by atoms with Crippen LogP contribution >= 0.6 is 0 Å². The first-order valence-corrected chi connectivity index (χ1v) is 42.1. The quantitative estimate of drug-likeness (QED) is 0.0273. The van der Waals surface area contributed by atoms with Gasteiger partial charge in [0.1, 0.15) is 5.75 Å². The SMILES string of the molecule is CCc1c(C(C)(C)O)c(C(C)(C)O)cc(C(C)(C)O)c1C(C)(C)O.CCc1c(C(C)(C)O)c(C(C)(C)O)cc(C(C)(C)O)c1C(C)(C)O.CCc1c(C(C)(C)O)c(C(C)(C)O)cc(C(C)(C)O)c1C(C)(C)O.COc1c(C(C)(C)O)c(C(C)(C)O)cc(C(C)(C)O)c1C(C)(C)O.Cc1c(C(C)(C)O)c(C(C)(C)O)c(C)c(C(C)(C)O)c1C(C)(C)O. The number of benzene rings is 5. The van der Waals surface area contributed by atoms with E-state index in [1.807, 2.05) is 34.6 Å². The number of hydrogen-bond acceptors (Lipinski definition) is 21. The van der Waals surface area contributed by atoms with Gasteiger partial charge in [0.05, 0.1) is 119 Å². The third kappa shape index (κ3) is 27.6. The van der Waals surface area contributed by atoms with E-state index in [2.05, 4.69) is 0 Å². The molecule has 5 rings (SSSR count). The first kappa shape index (κ1) is 113. The number of aliphatic hydroxyl groups is 20. The van der Waals surface area contributed by atoms with E-state index in [1.54, 1.807) is 301 Å². The van der Waals surface area contributed by atoms with Gasteiger partial charge in [-0.25, -0.2) is 0 Å². The van der Waals surface area contributed by atoms with Crippen LogP contribution in [-0.2, 0) is 131 Å². The van der Waals surface area contributed by atoms with Crippen LogP contribution in [-0.4, -0.2) is 109 Å². The van der Waals surface area contributed by atoms with Gasteiger partial charge in [-0.15, -0.1) is 0 Å². The fourth-order valence-corrected chi connectivity index (χ4v) is 17.5. The smallest absolute Gasteiger partial charge is 0.131 e. The van der Waals surface area contributed by atoms with E-state index in [1.165, 1.54) is 7.11 Å². The Morgan fingerprint density at radius 1 is 0.175 bits per heavy atom. The summed E-state index contributed by atoms with van der Waals surface area (Å²) in [6, 6.07) is 6.81. The normalized spacial score (nSPS) is 14.2. The Morgan fingerprint density at radius 3 is 0.350 bits per heavy atom. The van der Waals surface area contributed by atoms with Crippen LogP contribution in [0.4, 0.5) is 0 Å². The Bertz CT molecular complexity index is 3590. The maximum Gasteiger partial charge on any atom is 0.131 e. The molecule has 0 spiro atoms. The minimum Gasteiger partial charge on any atom is -0.496 e. The van der Waals surface area contributed by atoms with Crippen LogP contribution in [0.2, 0.25) is 0 Å². The average molecular weight is 1690 g/mol. The van der Waals surface area contributed by atoms with Gasteiger partial charge < -0.3 is 107 Å². The lowest BCUT2D eigenvalue weighted by Crippen LogP contribution is -2.35. The van der Waals surface area contributed by atoms with Crippen molar-refractivity contribution in [1.29, 1.82) is 0 Å². The molecule has 0 amide bonds. The zero-order chi connectivity index (χ0) is 96.7. The largest absolute Gasteiger partial charge is 0.496 e. The van der Waals surface area contributed by atoms with Crippen molar-refractivity contribution in [2.75, 3.05) is 7.11 Å². The highest BCUT2D eigenvalue weighted by Crippen LogP contribution is 2.52. The maximum absolute atomic E-state index is 10.8. The molecular weight excluding hydrogens is 1530 g/mol. The zero-order valence-electron chi connectivity index (χ0n) is 82.8. The molecule has 120 heavy (non-hydrogen) atoms. The Kier molecular flexibility index (Phi) is 34.0. The standard InChI is InChI=1S/4C20H34O4.C19H32O5/c1-11-13(17(3,4)21)15(19(7,8)23)12(2)16(20(9,10)24)14(11)18(5,6)22;3*1-10-12-15(19(6,7)23)13(17(2,3)21)11-14(18(4,5)22)16(12)20(8,9)24;1-16(2,20)11-10-12(17(3,4)21)14(19(7,8)23)15(24-9)13(11)18(5,6)22/h21-24H,1-10H3;3*11,21-24H,10H2,1-9H3;10,20-23H,1-9H3. The van der Waals surface area contributed by atoms with Crippen LogP contribution in [0.15, 0.2) is 24.3 Å². The van der Waals surface area contributed by atoms with Crippen LogP contribution in [0.5, 0.6) is 5.75 Å². The molecule has 0 bridgehead atoms. The van der Waals surface area contributed by atoms with Crippen molar-refractivity contribution in [3.8, 4) is 5.75 Å². The predicted octanol–water partition coefficient (Wildman–Crippen LogP) is 15.3. The summed E-state index contributed by atoms with van der Waals surface area (Å²) >= 11 is 0. The number of hydrogen-bond donors (Lipinski definition) is 20. The van der Waals surface area contributed by atoms with Crippen LogP contribution < -0.4 is 4.74 Å². The third-order valence-electron chi connectivity index (χ3n) is 21.5. The lowest BCUT2D eigenvalue weighted by Gasteiger charge is -2.39. The molecule has 0 aliphatic carbocycles. The summed E-state index contributed by atoms with van der Waals surface area (Å²) in [4.78, 5) is 0. The first-order valence-electron chi connectivity index (χ1n) is 42.1. The summed E-state index contributed by atoms with van der Waals surface area (Å²) in [7, 11) is 1.45. The molecule has 0 saturated carbocycles. The van der Waals surface area contributed by atoms with Crippen molar-refractivity contribution in [1.82, 2.24) is 0 Å². The molecule has 0 radical (unpaired) electrons. The summed E-state index contributed by atoms with van der Waals surface area (Å²) in [5, 5.41) is 214. The van der Waals surface area contributed by atoms with Crippen molar-refractivity contribution < 1.29 is 107 Å². The highest BCUT2D eigenvalue weighted by molar-refractivity contribution is 5.61. The van der Waals surface area contributed by atoms with E-state index < -0.39 is 112 Å². The van der Waals surface area contributed by atoms with Crippen molar-refractivity contribution in [2.24, 2.45) is 0 Å². The van der Waals surface area contributed by atoms with Gasteiger partial charge >= 0.3 is 0 Å². The van der Waals surface area contributed by atoms with Crippen LogP contribution in [0.1, 0.15) is 437 Å². The molecule has 0 aromatic heterocycles. The summed E-state index contributed by atoms with van der Waals surface area (Å²) in [5.41, 5.74) is -9.56. The highest BCUT2D eigenvalue weighted by atomic mass is 16.5. The second-order valence-electron chi connectivity index (χ2n) is 43.8. The third-order valence-corrected chi connectivity index (χ3v) is 21.5. The lowest BCUT2D eigenvalue weighted by atomic mass is 9.70. The van der Waals surface area contributed by atoms with Crippen molar-refractivity contribution >= 4 is 0 Å². The van der Waals surface area contributed by atoms with E-state index in [-0.39, 0.29) is 5.75 Å². The van der Waals surface area contributed by atoms with Crippen LogP contribution in [0, 0.1) is 13.8 Å². The van der Waals surface area contributed by atoms with Gasteiger partial charge in [-0.2, -0.15) is 0 Å². The number of ether oxygens (including phenoxy) is 1. The van der Waals surface area contributed by atoms with E-state index in [4.69, 9.17) is 4.74 Å². The molecule has 0 heterocycles. The van der Waals surface area contributed by atoms with Gasteiger partial charge in [0.2, 0.25) is 0 Å². The Labute approximate surface area is 722 Å². The molecule has 0 fully saturated rings. The molecule has 0 atom stereocenters. The van der Waals surface area contributed by atoms with Crippen LogP contribution in [0.3, 0.4) is 0 Å². The maximum atomic E-state index is 10.8. The molecule has 5 aromatic carbocycles. The van der Waals surface area contributed by atoms with E-state index in [0.29, 0.717) is 142 Å². The minimum atomic E-state index is -1.32. The van der Waals surface area contributed by atoms with E-state index in [0.717, 1.165) is 16.7 Å². The first-order chi connectivity index (χ1) is 52.0. The zero-order valence-corrected chi connectivity index (χ0v) is 82.8. The van der Waals surface area contributed by atoms with Gasteiger partial charge in [0, 0.05) is 11.1 Å². The lowest BCUT2D eigenvalue weighted by molar-refractivity contribution is 0.0378. The molecule has 21 heteroatoms. The molecule has 690 valence electrons. The number of rotatable bonds is 24. The summed E-state index contributed by atoms with van der Waals surface area (Å²) < 4.78 is 5.56. The van der Waals surface area contributed by atoms with Gasteiger partial charge in [-0.1, -0.05) is 20.8 Å². The molecule has 21 nitrogen and oxygen atoms in total. The molecule has 5 aromatic rings. The topological polar surface area (TPSA) is 414 Å². The fraction of sp³-hybridized carbons (Fsp3) is 0.697. The van der Waals surface area contributed by atoms with Crippen molar-refractivity contribution in [3.63, 3.8) is 0 Å². The molecule has 0 saturated heterocycles. The van der Waals surface area contributed by atoms with Crippen molar-refractivity contribution in [2.45, 2.75) is 443 Å². The minimum absolute atomic E-state index is 0.270. The van der Waals surface area contributed by atoms with Crippen molar-refractivity contribution in [3.05, 3.63) is 163 Å². The van der Waals surface area contributed by atoms with E-state index in [9.17, 15) is 102 Å². The fourth-order valence-electron chi connectivity index (χ4n) is 17.5. The predicted molar refractivity (Wildman–Crippen MR) is 481 cm³/mol. The molecular formula is C99H168O21. The average Bonchev–Trinajstić information content (AvgIpc) is 0.719. The molecule has 0 aliphatic rings. The summed E-state index contributed by atoms with van der Waals surface area (Å²) in [6.45, 7) is 75.7. The Balaban J connectivity index is 0.000000750. The van der Waals surface area contributed by atoms with E-state index >= 15 is 0 Å². The Morgan fingerprint density at radius 2 is 0.275 bits per heavy atom. The molecule has 20 N–H and O–H groups in total. The highest BCUT2D eigenvalue weighted by Gasteiger charge is 2.47. The van der Waals surface area contributed by atoms with Crippen LogP contribution in [0.25, 0.3) is 0 Å².